The van der Waals surface area contributed by atoms with Crippen LogP contribution in [0.1, 0.15) is 17.3 Å². The molecule has 0 bridgehead atoms. The average Bonchev–Trinajstić information content (AvgIpc) is 2.52. The number of hydrogen-bond acceptors (Lipinski definition) is 5. The van der Waals surface area contributed by atoms with E-state index in [1.807, 2.05) is 0 Å². The summed E-state index contributed by atoms with van der Waals surface area (Å²) in [7, 11) is 2.71. The lowest BCUT2D eigenvalue weighted by Gasteiger charge is -2.14. The Morgan fingerprint density at radius 1 is 1.41 bits per heavy atom. The van der Waals surface area contributed by atoms with Crippen LogP contribution in [0, 0.1) is 0 Å². The molecule has 0 atom stereocenters. The molecule has 0 saturated heterocycles. The first-order chi connectivity index (χ1) is 10.4. The summed E-state index contributed by atoms with van der Waals surface area (Å²) in [5, 5.41) is 2.43. The van der Waals surface area contributed by atoms with Gasteiger partial charge in [-0.15, -0.1) is 0 Å². The van der Waals surface area contributed by atoms with Crippen molar-refractivity contribution in [2.75, 3.05) is 14.1 Å². The van der Waals surface area contributed by atoms with Crippen LogP contribution < -0.4 is 16.6 Å². The fourth-order valence-electron chi connectivity index (χ4n) is 2.03. The summed E-state index contributed by atoms with van der Waals surface area (Å²) in [6, 6.07) is 0.728. The van der Waals surface area contributed by atoms with Crippen LogP contribution in [0.3, 0.4) is 0 Å². The molecule has 22 heavy (non-hydrogen) atoms. The molecule has 116 valence electrons. The second-order valence-corrected chi connectivity index (χ2v) is 4.52. The molecule has 0 aliphatic heterocycles. The lowest BCUT2D eigenvalue weighted by Crippen LogP contribution is -2.39. The maximum absolute atomic E-state index is 12.2. The fourth-order valence-corrected chi connectivity index (χ4v) is 2.03. The highest BCUT2D eigenvalue weighted by Crippen LogP contribution is 2.09. The number of H-pyrrole nitrogens is 1. The van der Waals surface area contributed by atoms with Crippen LogP contribution in [-0.4, -0.2) is 45.5 Å². The van der Waals surface area contributed by atoms with E-state index in [-0.39, 0.29) is 16.6 Å². The van der Waals surface area contributed by atoms with Crippen LogP contribution in [0.15, 0.2) is 21.9 Å². The summed E-state index contributed by atoms with van der Waals surface area (Å²) in [5.74, 6) is -0.609. The average molecular weight is 305 g/mol. The van der Waals surface area contributed by atoms with Crippen molar-refractivity contribution < 1.29 is 9.59 Å². The molecule has 2 aromatic rings. The zero-order valence-corrected chi connectivity index (χ0v) is 12.3. The largest absolute Gasteiger partial charge is 0.341 e. The normalized spacial score (nSPS) is 10.5. The van der Waals surface area contributed by atoms with E-state index in [1.165, 1.54) is 30.9 Å². The molecule has 2 aromatic heterocycles. The van der Waals surface area contributed by atoms with Crippen LogP contribution in [0.2, 0.25) is 0 Å². The van der Waals surface area contributed by atoms with Crippen molar-refractivity contribution in [1.29, 1.82) is 0 Å². The molecule has 9 nitrogen and oxygen atoms in total. The van der Waals surface area contributed by atoms with Gasteiger partial charge in [-0.2, -0.15) is 0 Å². The Balaban J connectivity index is 2.61. The number of imide groups is 1. The SMILES string of the molecule is CCn1c(=O)[nH]c(=O)c2cc(C(=O)N(C)C(=O)NC)cnc21. The zero-order valence-electron chi connectivity index (χ0n) is 12.3. The summed E-state index contributed by atoms with van der Waals surface area (Å²) in [5.41, 5.74) is -0.927. The van der Waals surface area contributed by atoms with E-state index in [2.05, 4.69) is 15.3 Å². The minimum atomic E-state index is -0.630. The second kappa shape index (κ2) is 5.80. The number of aromatic nitrogens is 3. The third-order valence-corrected chi connectivity index (χ3v) is 3.22. The molecule has 3 amide bonds. The second-order valence-electron chi connectivity index (χ2n) is 4.52. The Bertz CT molecular complexity index is 867. The van der Waals surface area contributed by atoms with Gasteiger partial charge in [0.05, 0.1) is 10.9 Å². The maximum Gasteiger partial charge on any atom is 0.329 e. The fraction of sp³-hybridized carbons (Fsp3) is 0.308. The number of fused-ring (bicyclic) bond motifs is 1. The molecular weight excluding hydrogens is 290 g/mol. The first-order valence-corrected chi connectivity index (χ1v) is 6.53. The maximum atomic E-state index is 12.2. The predicted octanol–water partition coefficient (Wildman–Crippen LogP) is -0.484. The smallest absolute Gasteiger partial charge is 0.329 e. The van der Waals surface area contributed by atoms with E-state index in [0.717, 1.165) is 4.90 Å². The van der Waals surface area contributed by atoms with Crippen LogP contribution in [0.25, 0.3) is 11.0 Å². The molecule has 0 radical (unpaired) electrons. The van der Waals surface area contributed by atoms with Crippen molar-refractivity contribution in [3.63, 3.8) is 0 Å². The van der Waals surface area contributed by atoms with Crippen molar-refractivity contribution in [3.8, 4) is 0 Å². The number of rotatable bonds is 2. The Kier molecular flexibility index (Phi) is 4.06. The molecule has 0 saturated carbocycles. The molecule has 2 rings (SSSR count). The van der Waals surface area contributed by atoms with Gasteiger partial charge in [-0.3, -0.25) is 24.0 Å². The molecule has 0 aliphatic rings. The van der Waals surface area contributed by atoms with Crippen LogP contribution >= 0.6 is 0 Å². The van der Waals surface area contributed by atoms with Crippen molar-refractivity contribution in [1.82, 2.24) is 24.8 Å². The van der Waals surface area contributed by atoms with Gasteiger partial charge in [0.2, 0.25) is 0 Å². The molecule has 0 spiro atoms. The minimum Gasteiger partial charge on any atom is -0.341 e. The van der Waals surface area contributed by atoms with E-state index in [0.29, 0.717) is 6.54 Å². The number of nitrogens with zero attached hydrogens (tertiary/aromatic N) is 3. The van der Waals surface area contributed by atoms with Gasteiger partial charge in [0.15, 0.2) is 0 Å². The predicted molar refractivity (Wildman–Crippen MR) is 78.8 cm³/mol. The number of carbonyl (C=O) groups is 2. The Hall–Kier alpha value is -2.97. The third-order valence-electron chi connectivity index (χ3n) is 3.22. The lowest BCUT2D eigenvalue weighted by molar-refractivity contribution is 0.0832. The minimum absolute atomic E-state index is 0.0744. The highest BCUT2D eigenvalue weighted by atomic mass is 16.2. The number of aromatic amines is 1. The van der Waals surface area contributed by atoms with Gasteiger partial charge in [-0.05, 0) is 13.0 Å². The topological polar surface area (TPSA) is 117 Å². The number of aryl methyl sites for hydroxylation is 1. The Labute approximate surface area is 124 Å². The number of pyridine rings is 1. The first-order valence-electron chi connectivity index (χ1n) is 6.53. The van der Waals surface area contributed by atoms with E-state index in [1.54, 1.807) is 6.92 Å². The number of urea groups is 1. The molecular formula is C13H15N5O4. The molecule has 2 N–H and O–H groups in total. The summed E-state index contributed by atoms with van der Waals surface area (Å²) >= 11 is 0. The molecule has 0 aliphatic carbocycles. The first kappa shape index (κ1) is 15.4. The summed E-state index contributed by atoms with van der Waals surface area (Å²) in [6.45, 7) is 2.06. The van der Waals surface area contributed by atoms with Gasteiger partial charge >= 0.3 is 11.7 Å². The van der Waals surface area contributed by atoms with Crippen LogP contribution in [0.4, 0.5) is 4.79 Å². The monoisotopic (exact) mass is 305 g/mol. The number of nitrogens with one attached hydrogen (secondary N) is 2. The van der Waals surface area contributed by atoms with Crippen molar-refractivity contribution in [3.05, 3.63) is 38.7 Å². The summed E-state index contributed by atoms with van der Waals surface area (Å²) in [4.78, 5) is 54.3. The van der Waals surface area contributed by atoms with E-state index >= 15 is 0 Å². The molecule has 0 aromatic carbocycles. The standard InChI is InChI=1S/C13H15N5O4/c1-4-18-9-8(10(19)16-13(18)22)5-7(6-15-9)11(20)17(3)12(21)14-2/h5-6H,4H2,1-3H3,(H,14,21)(H,16,19,22). The number of amides is 3. The zero-order chi connectivity index (χ0) is 16.4. The van der Waals surface area contributed by atoms with Crippen LogP contribution in [0.5, 0.6) is 0 Å². The molecule has 2 heterocycles. The Morgan fingerprint density at radius 3 is 2.68 bits per heavy atom. The van der Waals surface area contributed by atoms with Gasteiger partial charge in [-0.1, -0.05) is 0 Å². The van der Waals surface area contributed by atoms with Gasteiger partial charge in [0.25, 0.3) is 11.5 Å². The van der Waals surface area contributed by atoms with E-state index in [4.69, 9.17) is 0 Å². The van der Waals surface area contributed by atoms with E-state index in [9.17, 15) is 19.2 Å². The summed E-state index contributed by atoms with van der Waals surface area (Å²) < 4.78 is 1.29. The van der Waals surface area contributed by atoms with Gasteiger partial charge < -0.3 is 5.32 Å². The van der Waals surface area contributed by atoms with Gasteiger partial charge in [-0.25, -0.2) is 14.6 Å². The van der Waals surface area contributed by atoms with Gasteiger partial charge in [0, 0.05) is 26.8 Å². The Morgan fingerprint density at radius 2 is 2.09 bits per heavy atom. The highest BCUT2D eigenvalue weighted by Gasteiger charge is 2.19. The highest BCUT2D eigenvalue weighted by molar-refractivity contribution is 6.05. The molecule has 9 heteroatoms. The van der Waals surface area contributed by atoms with E-state index < -0.39 is 23.2 Å². The quantitative estimate of drug-likeness (QED) is 0.777. The van der Waals surface area contributed by atoms with Crippen molar-refractivity contribution >= 4 is 23.0 Å². The number of carbonyl (C=O) groups excluding carboxylic acids is 2. The lowest BCUT2D eigenvalue weighted by atomic mass is 10.2. The van der Waals surface area contributed by atoms with Crippen molar-refractivity contribution in [2.24, 2.45) is 0 Å². The third kappa shape index (κ3) is 2.48. The molecule has 0 fully saturated rings. The van der Waals surface area contributed by atoms with Gasteiger partial charge in [0.1, 0.15) is 5.65 Å². The van der Waals surface area contributed by atoms with Crippen molar-refractivity contribution in [2.45, 2.75) is 13.5 Å². The van der Waals surface area contributed by atoms with Crippen LogP contribution in [-0.2, 0) is 6.54 Å². The number of hydrogen-bond donors (Lipinski definition) is 2. The molecule has 0 unspecified atom stereocenters. The summed E-state index contributed by atoms with van der Waals surface area (Å²) in [6.07, 6.45) is 1.23.